The summed E-state index contributed by atoms with van der Waals surface area (Å²) < 4.78 is 0. The van der Waals surface area contributed by atoms with Gasteiger partial charge < -0.3 is 10.2 Å². The first-order chi connectivity index (χ1) is 14.1. The number of hydrogen-bond donors (Lipinski definition) is 2. The van der Waals surface area contributed by atoms with Gasteiger partial charge in [-0.15, -0.1) is 0 Å². The quantitative estimate of drug-likeness (QED) is 0.644. The molecule has 3 aliphatic carbocycles. The van der Waals surface area contributed by atoms with Gasteiger partial charge in [-0.2, -0.15) is 0 Å². The predicted molar refractivity (Wildman–Crippen MR) is 114 cm³/mol. The number of rotatable bonds is 4. The summed E-state index contributed by atoms with van der Waals surface area (Å²) in [4.78, 5) is 10.8. The molecular weight excluding hydrogens is 360 g/mol. The first-order valence-corrected chi connectivity index (χ1v) is 10.6. The highest BCUT2D eigenvalue weighted by Crippen LogP contribution is 2.72. The number of benzene rings is 2. The molecule has 2 aromatic rings. The Labute approximate surface area is 171 Å². The molecule has 0 aliphatic heterocycles. The topological polar surface area (TPSA) is 57.5 Å². The lowest BCUT2D eigenvalue weighted by atomic mass is 9.51. The molecule has 2 unspecified atom stereocenters. The molecule has 148 valence electrons. The Kier molecular flexibility index (Phi) is 4.34. The summed E-state index contributed by atoms with van der Waals surface area (Å²) in [6, 6.07) is 15.8. The van der Waals surface area contributed by atoms with E-state index in [0.717, 1.165) is 5.56 Å². The van der Waals surface area contributed by atoms with E-state index in [2.05, 4.69) is 12.1 Å². The Morgan fingerprint density at radius 1 is 0.897 bits per heavy atom. The number of carboxylic acid groups (broad SMARTS) is 1. The third kappa shape index (κ3) is 2.91. The number of aliphatic carboxylic acids is 1. The van der Waals surface area contributed by atoms with Crippen molar-refractivity contribution in [2.24, 2.45) is 17.3 Å². The van der Waals surface area contributed by atoms with E-state index in [0.29, 0.717) is 17.3 Å². The largest absolute Gasteiger partial charge is 0.508 e. The minimum atomic E-state index is -0.936. The zero-order chi connectivity index (χ0) is 20.0. The van der Waals surface area contributed by atoms with Crippen molar-refractivity contribution >= 4 is 17.6 Å². The van der Waals surface area contributed by atoms with Crippen LogP contribution in [0.3, 0.4) is 0 Å². The molecule has 3 heteroatoms. The van der Waals surface area contributed by atoms with Crippen molar-refractivity contribution in [2.45, 2.75) is 38.5 Å². The van der Waals surface area contributed by atoms with Gasteiger partial charge in [0.05, 0.1) is 0 Å². The fourth-order valence-electron chi connectivity index (χ4n) is 6.39. The van der Waals surface area contributed by atoms with E-state index in [1.54, 1.807) is 23.8 Å². The fourth-order valence-corrected chi connectivity index (χ4v) is 6.39. The second-order valence-electron chi connectivity index (χ2n) is 8.79. The van der Waals surface area contributed by atoms with Crippen LogP contribution in [0.1, 0.15) is 55.2 Å². The van der Waals surface area contributed by atoms with Gasteiger partial charge in [-0.3, -0.25) is 0 Å². The highest BCUT2D eigenvalue weighted by Gasteiger charge is 2.62. The van der Waals surface area contributed by atoms with E-state index in [1.807, 2.05) is 24.3 Å². The van der Waals surface area contributed by atoms with Crippen LogP contribution in [0.15, 0.2) is 60.2 Å². The van der Waals surface area contributed by atoms with Crippen LogP contribution in [-0.2, 0) is 4.79 Å². The summed E-state index contributed by atoms with van der Waals surface area (Å²) in [5, 5.41) is 18.6. The number of carboxylic acids is 1. The molecule has 0 bridgehead atoms. The highest BCUT2D eigenvalue weighted by atomic mass is 16.4. The Balaban J connectivity index is 1.61. The molecule has 3 aliphatic rings. The number of aromatic hydroxyl groups is 1. The van der Waals surface area contributed by atoms with Crippen molar-refractivity contribution in [3.8, 4) is 5.75 Å². The van der Waals surface area contributed by atoms with Crippen molar-refractivity contribution < 1.29 is 15.0 Å². The molecule has 0 heterocycles. The number of carbonyl (C=O) groups is 1. The van der Waals surface area contributed by atoms with Crippen LogP contribution in [0.2, 0.25) is 0 Å². The monoisotopic (exact) mass is 386 g/mol. The third-order valence-electron chi connectivity index (χ3n) is 7.47. The normalized spacial score (nSPS) is 27.5. The lowest BCUT2D eigenvalue weighted by Crippen LogP contribution is -2.45. The van der Waals surface area contributed by atoms with Crippen LogP contribution < -0.4 is 0 Å². The van der Waals surface area contributed by atoms with Gasteiger partial charge in [-0.25, -0.2) is 4.79 Å². The number of hydrogen-bond acceptors (Lipinski definition) is 2. The van der Waals surface area contributed by atoms with Gasteiger partial charge in [-0.05, 0) is 83.4 Å². The van der Waals surface area contributed by atoms with Gasteiger partial charge in [0.15, 0.2) is 0 Å². The van der Waals surface area contributed by atoms with Crippen molar-refractivity contribution in [3.63, 3.8) is 0 Å². The first-order valence-electron chi connectivity index (χ1n) is 10.6. The molecule has 3 nitrogen and oxygen atoms in total. The van der Waals surface area contributed by atoms with Crippen molar-refractivity contribution in [3.05, 3.63) is 76.9 Å². The van der Waals surface area contributed by atoms with Gasteiger partial charge in [0.25, 0.3) is 0 Å². The highest BCUT2D eigenvalue weighted by molar-refractivity contribution is 5.87. The van der Waals surface area contributed by atoms with Crippen LogP contribution in [0, 0.1) is 17.3 Å². The van der Waals surface area contributed by atoms with Crippen molar-refractivity contribution in [1.82, 2.24) is 0 Å². The van der Waals surface area contributed by atoms with Gasteiger partial charge in [-0.1, -0.05) is 54.8 Å². The fraction of sp³-hybridized carbons (Fsp3) is 0.346. The molecule has 3 fully saturated rings. The minimum Gasteiger partial charge on any atom is -0.508 e. The molecule has 2 atom stereocenters. The number of allylic oxidation sites excluding steroid dienone is 1. The van der Waals surface area contributed by atoms with E-state index in [-0.39, 0.29) is 5.75 Å². The number of phenolic OH excluding ortho intramolecular Hbond substituents is 1. The minimum absolute atomic E-state index is 0.289. The standard InChI is InChI=1S/C26H26O3/c27-20-12-10-19(11-13-20)24(18-8-5-17(6-9-18)7-14-23(28)29)25-21-3-1-15-26(21)16-2-4-22(25)26/h5-14,21-22,27H,1-4,15-16H2,(H,28,29)/b14-7+,25-24?. The molecule has 3 saturated carbocycles. The molecule has 2 N–H and O–H groups in total. The summed E-state index contributed by atoms with van der Waals surface area (Å²) in [6.45, 7) is 0. The average Bonchev–Trinajstić information content (AvgIpc) is 3.27. The summed E-state index contributed by atoms with van der Waals surface area (Å²) in [7, 11) is 0. The molecule has 2 aromatic carbocycles. The molecule has 1 spiro atoms. The van der Waals surface area contributed by atoms with Gasteiger partial charge in [0.1, 0.15) is 5.75 Å². The molecule has 5 rings (SSSR count). The van der Waals surface area contributed by atoms with E-state index in [4.69, 9.17) is 5.11 Å². The molecule has 0 amide bonds. The zero-order valence-corrected chi connectivity index (χ0v) is 16.5. The molecule has 29 heavy (non-hydrogen) atoms. The van der Waals surface area contributed by atoms with Crippen LogP contribution in [0.5, 0.6) is 5.75 Å². The Morgan fingerprint density at radius 2 is 1.45 bits per heavy atom. The van der Waals surface area contributed by atoms with Crippen LogP contribution in [0.25, 0.3) is 11.6 Å². The van der Waals surface area contributed by atoms with E-state index in [9.17, 15) is 9.90 Å². The summed E-state index contributed by atoms with van der Waals surface area (Å²) in [6.07, 6.45) is 10.8. The van der Waals surface area contributed by atoms with Crippen molar-refractivity contribution in [2.75, 3.05) is 0 Å². The summed E-state index contributed by atoms with van der Waals surface area (Å²) in [5.41, 5.74) is 6.75. The van der Waals surface area contributed by atoms with Gasteiger partial charge in [0.2, 0.25) is 0 Å². The van der Waals surface area contributed by atoms with Crippen LogP contribution >= 0.6 is 0 Å². The number of phenols is 1. The average molecular weight is 386 g/mol. The van der Waals surface area contributed by atoms with E-state index in [1.165, 1.54) is 61.3 Å². The predicted octanol–water partition coefficient (Wildman–Crippen LogP) is 5.89. The molecule has 0 radical (unpaired) electrons. The lowest BCUT2D eigenvalue weighted by molar-refractivity contribution is -0.131. The smallest absolute Gasteiger partial charge is 0.328 e. The van der Waals surface area contributed by atoms with E-state index < -0.39 is 5.97 Å². The lowest BCUT2D eigenvalue weighted by Gasteiger charge is -2.53. The molecular formula is C26H26O3. The van der Waals surface area contributed by atoms with E-state index >= 15 is 0 Å². The summed E-state index contributed by atoms with van der Waals surface area (Å²) >= 11 is 0. The summed E-state index contributed by atoms with van der Waals surface area (Å²) in [5.74, 6) is 0.752. The van der Waals surface area contributed by atoms with Gasteiger partial charge >= 0.3 is 5.97 Å². The van der Waals surface area contributed by atoms with Crippen LogP contribution in [-0.4, -0.2) is 16.2 Å². The second kappa shape index (κ2) is 6.91. The maximum absolute atomic E-state index is 10.8. The zero-order valence-electron chi connectivity index (χ0n) is 16.5. The van der Waals surface area contributed by atoms with Gasteiger partial charge in [0, 0.05) is 6.08 Å². The third-order valence-corrected chi connectivity index (χ3v) is 7.47. The van der Waals surface area contributed by atoms with Crippen LogP contribution in [0.4, 0.5) is 0 Å². The first kappa shape index (κ1) is 18.2. The maximum Gasteiger partial charge on any atom is 0.328 e. The second-order valence-corrected chi connectivity index (χ2v) is 8.79. The molecule has 0 aromatic heterocycles. The Hall–Kier alpha value is -2.81. The molecule has 0 saturated heterocycles. The maximum atomic E-state index is 10.8. The van der Waals surface area contributed by atoms with Crippen molar-refractivity contribution in [1.29, 1.82) is 0 Å². The SMILES string of the molecule is O=C(O)/C=C/c1ccc(C(=C2C3CCCC34CCCC24)c2ccc(O)cc2)cc1. The Morgan fingerprint density at radius 3 is 2.00 bits per heavy atom. The Bertz CT molecular complexity index is 973.